The molecule has 0 unspecified atom stereocenters. The summed E-state index contributed by atoms with van der Waals surface area (Å²) in [6, 6.07) is 17.7. The van der Waals surface area contributed by atoms with E-state index in [1.807, 2.05) is 60.7 Å². The van der Waals surface area contributed by atoms with Crippen molar-refractivity contribution in [3.63, 3.8) is 0 Å². The molecule has 10 heteroatoms. The van der Waals surface area contributed by atoms with Gasteiger partial charge in [0.15, 0.2) is 0 Å². The zero-order valence-electron chi connectivity index (χ0n) is 19.0. The lowest BCUT2D eigenvalue weighted by molar-refractivity contribution is -0.150. The van der Waals surface area contributed by atoms with Crippen molar-refractivity contribution >= 4 is 22.2 Å². The van der Waals surface area contributed by atoms with Gasteiger partial charge in [-0.3, -0.25) is 9.08 Å². The highest BCUT2D eigenvalue weighted by Crippen LogP contribution is 2.24. The molecule has 1 fully saturated rings. The van der Waals surface area contributed by atoms with Crippen LogP contribution in [0.4, 0.5) is 4.79 Å². The zero-order valence-corrected chi connectivity index (χ0v) is 19.8. The molecule has 0 aliphatic carbocycles. The SMILES string of the molecule is CS(=O)(=O)OCCCO[C@H]1C[C@@H](C(=O)OCc2ccccc2)N(C(=O)OCc2ccccc2)C1. The summed E-state index contributed by atoms with van der Waals surface area (Å²) < 4.78 is 43.4. The van der Waals surface area contributed by atoms with Crippen molar-refractivity contribution in [2.24, 2.45) is 0 Å². The molecular weight excluding hydrogens is 462 g/mol. The van der Waals surface area contributed by atoms with Gasteiger partial charge in [0.25, 0.3) is 10.1 Å². The molecule has 34 heavy (non-hydrogen) atoms. The number of nitrogens with zero attached hydrogens (tertiary/aromatic N) is 1. The fourth-order valence-corrected chi connectivity index (χ4v) is 3.91. The van der Waals surface area contributed by atoms with Crippen molar-refractivity contribution in [3.05, 3.63) is 71.8 Å². The minimum Gasteiger partial charge on any atom is -0.459 e. The first-order chi connectivity index (χ1) is 16.3. The monoisotopic (exact) mass is 491 g/mol. The number of benzene rings is 2. The van der Waals surface area contributed by atoms with Crippen LogP contribution in [0, 0.1) is 0 Å². The third-order valence-corrected chi connectivity index (χ3v) is 5.73. The molecule has 2 aromatic carbocycles. The molecule has 1 aliphatic heterocycles. The Hall–Kier alpha value is -2.95. The molecule has 1 amide bonds. The summed E-state index contributed by atoms with van der Waals surface area (Å²) >= 11 is 0. The predicted molar refractivity (Wildman–Crippen MR) is 123 cm³/mol. The summed E-state index contributed by atoms with van der Waals surface area (Å²) in [6.07, 6.45) is 0.537. The number of hydrogen-bond acceptors (Lipinski definition) is 8. The Morgan fingerprint density at radius 2 is 1.50 bits per heavy atom. The normalized spacial score (nSPS) is 18.0. The minimum atomic E-state index is -3.51. The summed E-state index contributed by atoms with van der Waals surface area (Å²) in [5, 5.41) is 0. The van der Waals surface area contributed by atoms with Crippen LogP contribution in [0.2, 0.25) is 0 Å². The van der Waals surface area contributed by atoms with Gasteiger partial charge in [-0.2, -0.15) is 8.42 Å². The van der Waals surface area contributed by atoms with Crippen LogP contribution in [0.15, 0.2) is 60.7 Å². The van der Waals surface area contributed by atoms with Crippen molar-refractivity contribution in [3.8, 4) is 0 Å². The van der Waals surface area contributed by atoms with E-state index in [9.17, 15) is 18.0 Å². The lowest BCUT2D eigenvalue weighted by Crippen LogP contribution is -2.41. The van der Waals surface area contributed by atoms with Gasteiger partial charge in [-0.1, -0.05) is 60.7 Å². The van der Waals surface area contributed by atoms with E-state index in [0.29, 0.717) is 6.42 Å². The van der Waals surface area contributed by atoms with E-state index in [2.05, 4.69) is 0 Å². The summed E-state index contributed by atoms with van der Waals surface area (Å²) in [6.45, 7) is 0.551. The van der Waals surface area contributed by atoms with Crippen LogP contribution in [0.3, 0.4) is 0 Å². The van der Waals surface area contributed by atoms with Gasteiger partial charge in [0.1, 0.15) is 19.3 Å². The van der Waals surface area contributed by atoms with Crippen LogP contribution in [0.25, 0.3) is 0 Å². The standard InChI is InChI=1S/C24H29NO8S/c1-34(28,29)33-14-8-13-30-21-15-22(23(26)31-17-19-9-4-2-5-10-19)25(16-21)24(27)32-18-20-11-6-3-7-12-20/h2-7,9-12,21-22H,8,13-18H2,1H3/t21-,22-/m0/s1. The van der Waals surface area contributed by atoms with Crippen LogP contribution >= 0.6 is 0 Å². The molecule has 1 heterocycles. The molecule has 0 spiro atoms. The van der Waals surface area contributed by atoms with Gasteiger partial charge in [-0.15, -0.1) is 0 Å². The molecule has 0 radical (unpaired) electrons. The Balaban J connectivity index is 1.56. The molecule has 0 aromatic heterocycles. The van der Waals surface area contributed by atoms with Crippen molar-refractivity contribution < 1.29 is 36.4 Å². The maximum Gasteiger partial charge on any atom is 0.410 e. The number of amides is 1. The van der Waals surface area contributed by atoms with Gasteiger partial charge in [0, 0.05) is 13.0 Å². The topological polar surface area (TPSA) is 108 Å². The molecule has 0 bridgehead atoms. The molecule has 0 saturated carbocycles. The van der Waals surface area contributed by atoms with E-state index in [4.69, 9.17) is 18.4 Å². The van der Waals surface area contributed by atoms with E-state index >= 15 is 0 Å². The third-order valence-electron chi connectivity index (χ3n) is 5.14. The van der Waals surface area contributed by atoms with E-state index < -0.39 is 34.3 Å². The van der Waals surface area contributed by atoms with E-state index in [1.54, 1.807) is 0 Å². The second kappa shape index (κ2) is 12.5. The fraction of sp³-hybridized carbons (Fsp3) is 0.417. The molecule has 2 aromatic rings. The summed E-state index contributed by atoms with van der Waals surface area (Å²) in [5.41, 5.74) is 1.67. The first-order valence-corrected chi connectivity index (χ1v) is 12.8. The molecule has 184 valence electrons. The molecule has 1 aliphatic rings. The molecular formula is C24H29NO8S. The Kier molecular flexibility index (Phi) is 9.43. The van der Waals surface area contributed by atoms with Crippen molar-refractivity contribution in [2.75, 3.05) is 26.0 Å². The van der Waals surface area contributed by atoms with Gasteiger partial charge in [-0.25, -0.2) is 9.59 Å². The fourth-order valence-electron chi connectivity index (χ4n) is 3.49. The second-order valence-electron chi connectivity index (χ2n) is 7.91. The number of carbonyl (C=O) groups excluding carboxylic acids is 2. The van der Waals surface area contributed by atoms with Crippen molar-refractivity contribution in [1.82, 2.24) is 4.90 Å². The highest BCUT2D eigenvalue weighted by Gasteiger charge is 2.42. The maximum absolute atomic E-state index is 12.8. The third kappa shape index (κ3) is 8.44. The predicted octanol–water partition coefficient (Wildman–Crippen LogP) is 2.89. The number of carbonyl (C=O) groups is 2. The van der Waals surface area contributed by atoms with Gasteiger partial charge in [0.2, 0.25) is 0 Å². The van der Waals surface area contributed by atoms with Gasteiger partial charge in [-0.05, 0) is 17.5 Å². The first kappa shape index (κ1) is 25.7. The largest absolute Gasteiger partial charge is 0.459 e. The first-order valence-electron chi connectivity index (χ1n) is 11.0. The van der Waals surface area contributed by atoms with Crippen LogP contribution in [-0.2, 0) is 46.5 Å². The van der Waals surface area contributed by atoms with E-state index in [-0.39, 0.29) is 39.4 Å². The molecule has 9 nitrogen and oxygen atoms in total. The summed E-state index contributed by atoms with van der Waals surface area (Å²) in [7, 11) is -3.51. The molecule has 0 N–H and O–H groups in total. The maximum atomic E-state index is 12.8. The quantitative estimate of drug-likeness (QED) is 0.268. The van der Waals surface area contributed by atoms with Crippen molar-refractivity contribution in [2.45, 2.75) is 38.2 Å². The van der Waals surface area contributed by atoms with Crippen LogP contribution in [0.5, 0.6) is 0 Å². The lowest BCUT2D eigenvalue weighted by Gasteiger charge is -2.22. The number of rotatable bonds is 11. The van der Waals surface area contributed by atoms with Crippen LogP contribution in [-0.4, -0.2) is 63.5 Å². The van der Waals surface area contributed by atoms with Crippen LogP contribution < -0.4 is 0 Å². The number of likely N-dealkylation sites (tertiary alicyclic amines) is 1. The smallest absolute Gasteiger partial charge is 0.410 e. The highest BCUT2D eigenvalue weighted by molar-refractivity contribution is 7.85. The lowest BCUT2D eigenvalue weighted by atomic mass is 10.2. The second-order valence-corrected chi connectivity index (χ2v) is 9.55. The number of ether oxygens (including phenoxy) is 3. The Bertz CT molecular complexity index is 966. The van der Waals surface area contributed by atoms with Crippen LogP contribution in [0.1, 0.15) is 24.0 Å². The molecule has 3 rings (SSSR count). The van der Waals surface area contributed by atoms with Gasteiger partial charge in [0.05, 0.1) is 25.5 Å². The Labute approximate surface area is 199 Å². The minimum absolute atomic E-state index is 0.00304. The average molecular weight is 492 g/mol. The summed E-state index contributed by atoms with van der Waals surface area (Å²) in [5.74, 6) is -0.535. The van der Waals surface area contributed by atoms with E-state index in [1.165, 1.54) is 4.90 Å². The van der Waals surface area contributed by atoms with Gasteiger partial charge < -0.3 is 14.2 Å². The molecule has 1 saturated heterocycles. The summed E-state index contributed by atoms with van der Waals surface area (Å²) in [4.78, 5) is 26.9. The number of hydrogen-bond donors (Lipinski definition) is 0. The Morgan fingerprint density at radius 1 is 0.912 bits per heavy atom. The Morgan fingerprint density at radius 3 is 2.09 bits per heavy atom. The van der Waals surface area contributed by atoms with E-state index in [0.717, 1.165) is 17.4 Å². The zero-order chi connectivity index (χ0) is 24.4. The molecule has 2 atom stereocenters. The average Bonchev–Trinajstić information content (AvgIpc) is 3.26. The van der Waals surface area contributed by atoms with Crippen molar-refractivity contribution in [1.29, 1.82) is 0 Å². The number of esters is 1. The highest BCUT2D eigenvalue weighted by atomic mass is 32.2. The van der Waals surface area contributed by atoms with Gasteiger partial charge >= 0.3 is 12.1 Å².